The Kier molecular flexibility index (Phi) is 6.46. The van der Waals surface area contributed by atoms with Gasteiger partial charge in [0.25, 0.3) is 0 Å². The van der Waals surface area contributed by atoms with Crippen LogP contribution in [0.15, 0.2) is 78.9 Å². The van der Waals surface area contributed by atoms with E-state index in [9.17, 15) is 14.4 Å². The van der Waals surface area contributed by atoms with Gasteiger partial charge in [-0.3, -0.25) is 4.79 Å². The van der Waals surface area contributed by atoms with Crippen LogP contribution in [-0.4, -0.2) is 37.9 Å². The Morgan fingerprint density at radius 3 is 1.97 bits per heavy atom. The maximum atomic E-state index is 12.1. The highest BCUT2D eigenvalue weighted by molar-refractivity contribution is 5.89. The number of rotatable bonds is 7. The molecule has 0 heterocycles. The smallest absolute Gasteiger partial charge is 0.407 e. The van der Waals surface area contributed by atoms with Crippen molar-refractivity contribution >= 4 is 18.0 Å². The SMILES string of the molecule is O=C(CNC(=O)OCC1c2ccccc2-c2ccccc21)NCOC(=O)c1ccccc1. The molecular formula is C25H22N2O5. The average molecular weight is 430 g/mol. The van der Waals surface area contributed by atoms with Crippen molar-refractivity contribution in [3.8, 4) is 11.1 Å². The van der Waals surface area contributed by atoms with Crippen LogP contribution >= 0.6 is 0 Å². The summed E-state index contributed by atoms with van der Waals surface area (Å²) in [5, 5.41) is 4.82. The fourth-order valence-electron chi connectivity index (χ4n) is 3.70. The molecule has 32 heavy (non-hydrogen) atoms. The van der Waals surface area contributed by atoms with E-state index in [1.165, 1.54) is 0 Å². The summed E-state index contributed by atoms with van der Waals surface area (Å²) < 4.78 is 10.3. The molecule has 1 aliphatic rings. The number of carbonyl (C=O) groups is 3. The Hall–Kier alpha value is -4.13. The number of alkyl carbamates (subject to hydrolysis) is 1. The highest BCUT2D eigenvalue weighted by atomic mass is 16.6. The van der Waals surface area contributed by atoms with Gasteiger partial charge in [-0.25, -0.2) is 9.59 Å². The van der Waals surface area contributed by atoms with E-state index in [1.54, 1.807) is 30.3 Å². The molecule has 0 radical (unpaired) electrons. The Morgan fingerprint density at radius 1 is 0.719 bits per heavy atom. The zero-order valence-electron chi connectivity index (χ0n) is 17.2. The minimum absolute atomic E-state index is 0.0561. The third-order valence-corrected chi connectivity index (χ3v) is 5.22. The molecule has 3 aromatic carbocycles. The Morgan fingerprint density at radius 2 is 1.31 bits per heavy atom. The number of nitrogens with one attached hydrogen (secondary N) is 2. The molecule has 2 amide bonds. The summed E-state index contributed by atoms with van der Waals surface area (Å²) in [6.45, 7) is -0.422. The van der Waals surface area contributed by atoms with Crippen LogP contribution in [0, 0.1) is 0 Å². The number of carbonyl (C=O) groups excluding carboxylic acids is 3. The number of hydrogen-bond acceptors (Lipinski definition) is 5. The molecule has 0 fully saturated rings. The molecule has 7 nitrogen and oxygen atoms in total. The van der Waals surface area contributed by atoms with Crippen LogP contribution in [0.5, 0.6) is 0 Å². The summed E-state index contributed by atoms with van der Waals surface area (Å²) in [5.74, 6) is -1.10. The first-order valence-corrected chi connectivity index (χ1v) is 10.2. The predicted octanol–water partition coefficient (Wildman–Crippen LogP) is 3.46. The lowest BCUT2D eigenvalue weighted by molar-refractivity contribution is -0.121. The van der Waals surface area contributed by atoms with Gasteiger partial charge in [-0.05, 0) is 34.4 Å². The maximum absolute atomic E-state index is 12.1. The number of ether oxygens (including phenoxy) is 2. The van der Waals surface area contributed by atoms with Crippen molar-refractivity contribution in [3.63, 3.8) is 0 Å². The van der Waals surface area contributed by atoms with Gasteiger partial charge in [-0.1, -0.05) is 66.7 Å². The fraction of sp³-hybridized carbons (Fsp3) is 0.160. The minimum Gasteiger partial charge on any atom is -0.449 e. The summed E-state index contributed by atoms with van der Waals surface area (Å²) in [4.78, 5) is 35.8. The van der Waals surface area contributed by atoms with Crippen molar-refractivity contribution in [1.29, 1.82) is 0 Å². The number of amides is 2. The summed E-state index contributed by atoms with van der Waals surface area (Å²) in [6, 6.07) is 24.5. The molecule has 4 rings (SSSR count). The highest BCUT2D eigenvalue weighted by Gasteiger charge is 2.29. The van der Waals surface area contributed by atoms with Gasteiger partial charge in [0, 0.05) is 5.92 Å². The van der Waals surface area contributed by atoms with Crippen molar-refractivity contribution in [2.24, 2.45) is 0 Å². The van der Waals surface area contributed by atoms with Crippen LogP contribution in [0.1, 0.15) is 27.4 Å². The van der Waals surface area contributed by atoms with E-state index in [1.807, 2.05) is 36.4 Å². The first-order chi connectivity index (χ1) is 15.6. The number of esters is 1. The van der Waals surface area contributed by atoms with Gasteiger partial charge in [-0.2, -0.15) is 0 Å². The molecule has 0 aromatic heterocycles. The van der Waals surface area contributed by atoms with E-state index >= 15 is 0 Å². The highest BCUT2D eigenvalue weighted by Crippen LogP contribution is 2.44. The van der Waals surface area contributed by atoms with E-state index in [0.29, 0.717) is 5.56 Å². The molecule has 0 aliphatic heterocycles. The van der Waals surface area contributed by atoms with E-state index in [4.69, 9.17) is 9.47 Å². The third kappa shape index (κ3) is 4.78. The second kappa shape index (κ2) is 9.78. The van der Waals surface area contributed by atoms with Crippen LogP contribution in [0.25, 0.3) is 11.1 Å². The predicted molar refractivity (Wildman–Crippen MR) is 118 cm³/mol. The van der Waals surface area contributed by atoms with E-state index < -0.39 is 18.0 Å². The quantitative estimate of drug-likeness (QED) is 0.442. The Balaban J connectivity index is 1.21. The fourth-order valence-corrected chi connectivity index (χ4v) is 3.70. The second-order valence-corrected chi connectivity index (χ2v) is 7.22. The third-order valence-electron chi connectivity index (χ3n) is 5.22. The van der Waals surface area contributed by atoms with Crippen molar-refractivity contribution in [3.05, 3.63) is 95.6 Å². The van der Waals surface area contributed by atoms with Crippen molar-refractivity contribution in [2.75, 3.05) is 19.9 Å². The molecule has 0 saturated heterocycles. The van der Waals surface area contributed by atoms with Crippen molar-refractivity contribution < 1.29 is 23.9 Å². The topological polar surface area (TPSA) is 93.7 Å². The molecule has 3 aromatic rings. The molecule has 0 atom stereocenters. The van der Waals surface area contributed by atoms with Crippen LogP contribution in [0.3, 0.4) is 0 Å². The van der Waals surface area contributed by atoms with Gasteiger partial charge in [0.2, 0.25) is 5.91 Å². The first kappa shape index (κ1) is 21.1. The van der Waals surface area contributed by atoms with E-state index in [-0.39, 0.29) is 25.8 Å². The molecule has 0 unspecified atom stereocenters. The Labute approximate surface area is 185 Å². The van der Waals surface area contributed by atoms with E-state index in [0.717, 1.165) is 22.3 Å². The maximum Gasteiger partial charge on any atom is 0.407 e. The molecule has 7 heteroatoms. The van der Waals surface area contributed by atoms with Crippen LogP contribution in [0.4, 0.5) is 4.79 Å². The second-order valence-electron chi connectivity index (χ2n) is 7.22. The largest absolute Gasteiger partial charge is 0.449 e. The number of fused-ring (bicyclic) bond motifs is 3. The minimum atomic E-state index is -0.691. The van der Waals surface area contributed by atoms with Gasteiger partial charge in [-0.15, -0.1) is 0 Å². The van der Waals surface area contributed by atoms with Gasteiger partial charge in [0.1, 0.15) is 13.2 Å². The average Bonchev–Trinajstić information content (AvgIpc) is 3.15. The molecule has 2 N–H and O–H groups in total. The zero-order valence-corrected chi connectivity index (χ0v) is 17.2. The molecular weight excluding hydrogens is 408 g/mol. The van der Waals surface area contributed by atoms with Crippen LogP contribution in [-0.2, 0) is 14.3 Å². The molecule has 0 bridgehead atoms. The van der Waals surface area contributed by atoms with Crippen LogP contribution in [0.2, 0.25) is 0 Å². The molecule has 0 spiro atoms. The van der Waals surface area contributed by atoms with Gasteiger partial charge >= 0.3 is 12.1 Å². The molecule has 1 aliphatic carbocycles. The van der Waals surface area contributed by atoms with Crippen molar-refractivity contribution in [1.82, 2.24) is 10.6 Å². The lowest BCUT2D eigenvalue weighted by Crippen LogP contribution is -2.38. The van der Waals surface area contributed by atoms with Gasteiger partial charge in [0.15, 0.2) is 6.73 Å². The summed E-state index contributed by atoms with van der Waals surface area (Å²) in [7, 11) is 0. The standard InChI is InChI=1S/C25H22N2O5/c28-23(27-16-32-24(29)17-8-2-1-3-9-17)14-26-25(30)31-15-22-20-12-6-4-10-18(20)19-11-5-7-13-21(19)22/h1-13,22H,14-16H2,(H,26,30)(H,27,28). The van der Waals surface area contributed by atoms with Gasteiger partial charge in [0.05, 0.1) is 5.56 Å². The lowest BCUT2D eigenvalue weighted by atomic mass is 9.98. The number of benzene rings is 3. The van der Waals surface area contributed by atoms with Gasteiger partial charge < -0.3 is 20.1 Å². The molecule has 0 saturated carbocycles. The lowest BCUT2D eigenvalue weighted by Gasteiger charge is -2.14. The summed E-state index contributed by atoms with van der Waals surface area (Å²) >= 11 is 0. The zero-order chi connectivity index (χ0) is 22.3. The van der Waals surface area contributed by atoms with E-state index in [2.05, 4.69) is 22.8 Å². The Bertz CT molecular complexity index is 1080. The normalized spacial score (nSPS) is 11.8. The van der Waals surface area contributed by atoms with Crippen LogP contribution < -0.4 is 10.6 Å². The summed E-state index contributed by atoms with van der Waals surface area (Å²) in [6.07, 6.45) is -0.691. The number of hydrogen-bond donors (Lipinski definition) is 2. The van der Waals surface area contributed by atoms with Crippen molar-refractivity contribution in [2.45, 2.75) is 5.92 Å². The first-order valence-electron chi connectivity index (χ1n) is 10.2. The monoisotopic (exact) mass is 430 g/mol. The molecule has 162 valence electrons. The summed E-state index contributed by atoms with van der Waals surface area (Å²) in [5.41, 5.74) is 4.89.